The topological polar surface area (TPSA) is 58.6 Å². The van der Waals surface area contributed by atoms with Crippen LogP contribution in [-0.2, 0) is 14.3 Å². The Kier molecular flexibility index (Phi) is 4.90. The highest BCUT2D eigenvalue weighted by molar-refractivity contribution is 5.85. The molecular weight excluding hydrogens is 275 g/mol. The highest BCUT2D eigenvalue weighted by atomic mass is 19.1. The van der Waals surface area contributed by atoms with E-state index in [0.717, 1.165) is 0 Å². The number of ether oxygens (including phenoxy) is 1. The highest BCUT2D eigenvalue weighted by Gasteiger charge is 2.38. The first kappa shape index (κ1) is 15.4. The first-order chi connectivity index (χ1) is 10.1. The number of esters is 1. The van der Waals surface area contributed by atoms with Crippen LogP contribution < -0.4 is 5.32 Å². The molecule has 1 N–H and O–H groups in total. The van der Waals surface area contributed by atoms with Crippen molar-refractivity contribution < 1.29 is 18.7 Å². The molecule has 114 valence electrons. The Balaban J connectivity index is 2.20. The van der Waals surface area contributed by atoms with Crippen LogP contribution in [-0.4, -0.2) is 36.5 Å². The third-order valence-corrected chi connectivity index (χ3v) is 3.61. The van der Waals surface area contributed by atoms with Crippen LogP contribution in [0, 0.1) is 5.82 Å². The second kappa shape index (κ2) is 6.67. The van der Waals surface area contributed by atoms with Gasteiger partial charge in [0.25, 0.3) is 0 Å². The zero-order valence-corrected chi connectivity index (χ0v) is 12.1. The Hall–Kier alpha value is -1.95. The van der Waals surface area contributed by atoms with Crippen molar-refractivity contribution in [3.05, 3.63) is 35.6 Å². The molecule has 21 heavy (non-hydrogen) atoms. The normalized spacial score (nSPS) is 21.7. The predicted octanol–water partition coefficient (Wildman–Crippen LogP) is 1.60. The molecule has 6 heteroatoms. The number of halogens is 1. The number of benzene rings is 1. The Morgan fingerprint density at radius 2 is 2.24 bits per heavy atom. The van der Waals surface area contributed by atoms with Gasteiger partial charge in [0.05, 0.1) is 19.6 Å². The van der Waals surface area contributed by atoms with Crippen molar-refractivity contribution in [3.8, 4) is 0 Å². The van der Waals surface area contributed by atoms with Gasteiger partial charge in [-0.1, -0.05) is 19.1 Å². The summed E-state index contributed by atoms with van der Waals surface area (Å²) in [5.41, 5.74) is 0.671. The van der Waals surface area contributed by atoms with Gasteiger partial charge < -0.3 is 9.64 Å². The van der Waals surface area contributed by atoms with E-state index in [9.17, 15) is 14.0 Å². The van der Waals surface area contributed by atoms with Gasteiger partial charge in [0.2, 0.25) is 5.91 Å². The molecule has 2 rings (SSSR count). The van der Waals surface area contributed by atoms with Crippen LogP contribution in [0.2, 0.25) is 0 Å². The van der Waals surface area contributed by atoms with E-state index in [2.05, 4.69) is 10.1 Å². The minimum absolute atomic E-state index is 0.0735. The van der Waals surface area contributed by atoms with Crippen LogP contribution in [0.25, 0.3) is 0 Å². The van der Waals surface area contributed by atoms with Crippen molar-refractivity contribution in [2.75, 3.05) is 13.7 Å². The van der Waals surface area contributed by atoms with Crippen LogP contribution in [0.15, 0.2) is 24.3 Å². The molecule has 1 amide bonds. The number of rotatable bonds is 5. The number of nitrogens with zero attached hydrogens (tertiary/aromatic N) is 1. The van der Waals surface area contributed by atoms with Crippen LogP contribution in [0.4, 0.5) is 4.39 Å². The third kappa shape index (κ3) is 3.39. The standard InChI is InChI=1S/C15H19FN2O3/c1-3-12-15(20)18(8-7-13(19)21-2)14(17-12)10-5-4-6-11(16)9-10/h4-6,9,12,14,17H,3,7-8H2,1-2H3. The fraction of sp³-hybridized carbons (Fsp3) is 0.467. The summed E-state index contributed by atoms with van der Waals surface area (Å²) in [6.45, 7) is 2.15. The number of nitrogens with one attached hydrogen (secondary N) is 1. The van der Waals surface area contributed by atoms with Gasteiger partial charge in [-0.2, -0.15) is 0 Å². The molecular formula is C15H19FN2O3. The summed E-state index contributed by atoms with van der Waals surface area (Å²) >= 11 is 0. The molecule has 2 atom stereocenters. The van der Waals surface area contributed by atoms with Gasteiger partial charge in [0, 0.05) is 6.54 Å². The highest BCUT2D eigenvalue weighted by Crippen LogP contribution is 2.27. The minimum Gasteiger partial charge on any atom is -0.469 e. The number of methoxy groups -OCH3 is 1. The van der Waals surface area contributed by atoms with Crippen LogP contribution in [0.3, 0.4) is 0 Å². The van der Waals surface area contributed by atoms with E-state index in [1.165, 1.54) is 19.2 Å². The summed E-state index contributed by atoms with van der Waals surface area (Å²) in [6, 6.07) is 5.81. The maximum Gasteiger partial charge on any atom is 0.307 e. The SMILES string of the molecule is CCC1NC(c2cccc(F)c2)N(CCC(=O)OC)C1=O. The second-order valence-electron chi connectivity index (χ2n) is 4.94. The summed E-state index contributed by atoms with van der Waals surface area (Å²) in [5, 5.41) is 3.18. The molecule has 1 heterocycles. The summed E-state index contributed by atoms with van der Waals surface area (Å²) in [7, 11) is 1.31. The van der Waals surface area contributed by atoms with Gasteiger partial charge in [-0.3, -0.25) is 14.9 Å². The van der Waals surface area contributed by atoms with Crippen LogP contribution in [0.1, 0.15) is 31.5 Å². The van der Waals surface area contributed by atoms with E-state index in [1.807, 2.05) is 6.92 Å². The summed E-state index contributed by atoms with van der Waals surface area (Å²) in [6.07, 6.45) is 0.341. The van der Waals surface area contributed by atoms with Crippen LogP contribution in [0.5, 0.6) is 0 Å². The number of carbonyl (C=O) groups excluding carboxylic acids is 2. The van der Waals surface area contributed by atoms with Crippen molar-refractivity contribution in [2.24, 2.45) is 0 Å². The van der Waals surface area contributed by atoms with Crippen molar-refractivity contribution in [2.45, 2.75) is 32.0 Å². The van der Waals surface area contributed by atoms with E-state index in [-0.39, 0.29) is 36.7 Å². The summed E-state index contributed by atoms with van der Waals surface area (Å²) in [5.74, 6) is -0.800. The molecule has 0 aliphatic carbocycles. The van der Waals surface area contributed by atoms with Gasteiger partial charge >= 0.3 is 5.97 Å². The van der Waals surface area contributed by atoms with E-state index >= 15 is 0 Å². The zero-order valence-electron chi connectivity index (χ0n) is 12.1. The monoisotopic (exact) mass is 294 g/mol. The number of carbonyl (C=O) groups is 2. The smallest absolute Gasteiger partial charge is 0.307 e. The van der Waals surface area contributed by atoms with Gasteiger partial charge in [0.1, 0.15) is 12.0 Å². The average molecular weight is 294 g/mol. The molecule has 1 aromatic carbocycles. The lowest BCUT2D eigenvalue weighted by atomic mass is 10.1. The minimum atomic E-state index is -0.414. The molecule has 1 aliphatic heterocycles. The van der Waals surface area contributed by atoms with E-state index in [4.69, 9.17) is 0 Å². The third-order valence-electron chi connectivity index (χ3n) is 3.61. The molecule has 0 spiro atoms. The molecule has 5 nitrogen and oxygen atoms in total. The second-order valence-corrected chi connectivity index (χ2v) is 4.94. The quantitative estimate of drug-likeness (QED) is 0.838. The fourth-order valence-corrected chi connectivity index (χ4v) is 2.48. The molecule has 0 radical (unpaired) electrons. The maximum atomic E-state index is 13.4. The molecule has 1 saturated heterocycles. The summed E-state index contributed by atoms with van der Waals surface area (Å²) < 4.78 is 18.0. The number of amides is 1. The summed E-state index contributed by atoms with van der Waals surface area (Å²) in [4.78, 5) is 25.2. The molecule has 1 aromatic rings. The molecule has 0 saturated carbocycles. The Morgan fingerprint density at radius 1 is 1.48 bits per heavy atom. The molecule has 0 bridgehead atoms. The van der Waals surface area contributed by atoms with Crippen molar-refractivity contribution in [3.63, 3.8) is 0 Å². The number of hydrogen-bond acceptors (Lipinski definition) is 4. The Labute approximate surface area is 123 Å². The molecule has 0 aromatic heterocycles. The predicted molar refractivity (Wildman–Crippen MR) is 74.7 cm³/mol. The van der Waals surface area contributed by atoms with Crippen molar-refractivity contribution in [1.29, 1.82) is 0 Å². The van der Waals surface area contributed by atoms with Crippen molar-refractivity contribution >= 4 is 11.9 Å². The fourth-order valence-electron chi connectivity index (χ4n) is 2.48. The first-order valence-corrected chi connectivity index (χ1v) is 6.95. The zero-order chi connectivity index (χ0) is 15.4. The van der Waals surface area contributed by atoms with E-state index in [1.54, 1.807) is 17.0 Å². The van der Waals surface area contributed by atoms with Gasteiger partial charge in [-0.25, -0.2) is 4.39 Å². The Bertz CT molecular complexity index is 535. The molecule has 1 aliphatic rings. The lowest BCUT2D eigenvalue weighted by Gasteiger charge is -2.24. The lowest BCUT2D eigenvalue weighted by Crippen LogP contribution is -2.33. The maximum absolute atomic E-state index is 13.4. The first-order valence-electron chi connectivity index (χ1n) is 6.95. The lowest BCUT2D eigenvalue weighted by molar-refractivity contribution is -0.141. The molecule has 2 unspecified atom stereocenters. The number of hydrogen-bond donors (Lipinski definition) is 1. The van der Waals surface area contributed by atoms with E-state index < -0.39 is 6.17 Å². The van der Waals surface area contributed by atoms with Gasteiger partial charge in [-0.15, -0.1) is 0 Å². The molecule has 1 fully saturated rings. The largest absolute Gasteiger partial charge is 0.469 e. The van der Waals surface area contributed by atoms with Crippen molar-refractivity contribution in [1.82, 2.24) is 10.2 Å². The average Bonchev–Trinajstić information content (AvgIpc) is 2.81. The van der Waals surface area contributed by atoms with E-state index in [0.29, 0.717) is 12.0 Å². The Morgan fingerprint density at radius 3 is 2.86 bits per heavy atom. The van der Waals surface area contributed by atoms with Crippen LogP contribution >= 0.6 is 0 Å². The van der Waals surface area contributed by atoms with Gasteiger partial charge in [-0.05, 0) is 24.1 Å². The van der Waals surface area contributed by atoms with Gasteiger partial charge in [0.15, 0.2) is 0 Å².